The van der Waals surface area contributed by atoms with E-state index in [1.54, 1.807) is 23.9 Å². The fourth-order valence-corrected chi connectivity index (χ4v) is 3.57. The molecule has 25 heavy (non-hydrogen) atoms. The lowest BCUT2D eigenvalue weighted by molar-refractivity contribution is -0.240. The van der Waals surface area contributed by atoms with Gasteiger partial charge in [-0.2, -0.15) is 8.78 Å². The Bertz CT molecular complexity index is 814. The summed E-state index contributed by atoms with van der Waals surface area (Å²) in [5.74, 6) is 0.870. The van der Waals surface area contributed by atoms with E-state index in [1.807, 2.05) is 6.07 Å². The second kappa shape index (κ2) is 6.26. The summed E-state index contributed by atoms with van der Waals surface area (Å²) in [7, 11) is 0. The van der Waals surface area contributed by atoms with E-state index in [0.717, 1.165) is 4.90 Å². The van der Waals surface area contributed by atoms with Crippen molar-refractivity contribution < 1.29 is 22.7 Å². The van der Waals surface area contributed by atoms with Gasteiger partial charge in [-0.1, -0.05) is 5.10 Å². The van der Waals surface area contributed by atoms with Crippen LogP contribution in [0.4, 0.5) is 20.5 Å². The molecule has 1 N–H and O–H groups in total. The molecule has 0 bridgehead atoms. The Morgan fingerprint density at radius 3 is 3.04 bits per heavy atom. The Labute approximate surface area is 145 Å². The van der Waals surface area contributed by atoms with Gasteiger partial charge in [0.25, 0.3) is 0 Å². The zero-order valence-electron chi connectivity index (χ0n) is 13.0. The maximum atomic E-state index is 13.3. The molecule has 1 fully saturated rings. The lowest BCUT2D eigenvalue weighted by Crippen LogP contribution is -2.46. The highest BCUT2D eigenvalue weighted by molar-refractivity contribution is 7.99. The molecule has 0 aliphatic carbocycles. The third-order valence-electron chi connectivity index (χ3n) is 3.82. The van der Waals surface area contributed by atoms with Crippen molar-refractivity contribution in [3.05, 3.63) is 18.2 Å². The highest BCUT2D eigenvalue weighted by Crippen LogP contribution is 2.35. The molecular weight excluding hydrogens is 354 g/mol. The molecule has 1 saturated heterocycles. The zero-order valence-corrected chi connectivity index (χ0v) is 13.8. The molecule has 4 rings (SSSR count). The number of nitrogens with one attached hydrogen (secondary N) is 1. The molecule has 0 atom stereocenters. The number of fused-ring (bicyclic) bond motifs is 1. The van der Waals surface area contributed by atoms with E-state index in [0.29, 0.717) is 23.4 Å². The van der Waals surface area contributed by atoms with Gasteiger partial charge < -0.3 is 19.4 Å². The summed E-state index contributed by atoms with van der Waals surface area (Å²) in [5, 5.41) is 10.6. The molecule has 7 nitrogen and oxygen atoms in total. The number of aromatic nitrogens is 2. The lowest BCUT2D eigenvalue weighted by atomic mass is 10.2. The number of hydrogen-bond acceptors (Lipinski definition) is 7. The van der Waals surface area contributed by atoms with E-state index >= 15 is 0 Å². The van der Waals surface area contributed by atoms with Gasteiger partial charge in [-0.25, -0.2) is 0 Å². The molecule has 2 aliphatic rings. The van der Waals surface area contributed by atoms with Crippen LogP contribution in [0.2, 0.25) is 0 Å². The number of anilines is 2. The SMILES string of the molecule is O=C1CCSc2ccc(-c3nnc(N4CCOC(F)(F)C4)o3)cc2N1. The number of halogens is 2. The molecule has 0 spiro atoms. The quantitative estimate of drug-likeness (QED) is 0.873. The van der Waals surface area contributed by atoms with Gasteiger partial charge >= 0.3 is 12.1 Å². The summed E-state index contributed by atoms with van der Waals surface area (Å²) in [6, 6.07) is 5.44. The van der Waals surface area contributed by atoms with E-state index in [-0.39, 0.29) is 31.0 Å². The maximum Gasteiger partial charge on any atom is 0.373 e. The topological polar surface area (TPSA) is 80.5 Å². The van der Waals surface area contributed by atoms with Crippen molar-refractivity contribution in [3.63, 3.8) is 0 Å². The first-order valence-electron chi connectivity index (χ1n) is 7.67. The predicted octanol–water partition coefficient (Wildman–Crippen LogP) is 2.60. The summed E-state index contributed by atoms with van der Waals surface area (Å²) < 4.78 is 36.6. The third-order valence-corrected chi connectivity index (χ3v) is 4.90. The highest BCUT2D eigenvalue weighted by atomic mass is 32.2. The van der Waals surface area contributed by atoms with Crippen molar-refractivity contribution in [2.75, 3.05) is 35.7 Å². The third kappa shape index (κ3) is 3.45. The molecule has 10 heteroatoms. The van der Waals surface area contributed by atoms with E-state index in [1.165, 1.54) is 4.90 Å². The Kier molecular flexibility index (Phi) is 4.08. The van der Waals surface area contributed by atoms with Crippen LogP contribution in [0.15, 0.2) is 27.5 Å². The molecule has 1 aromatic heterocycles. The maximum absolute atomic E-state index is 13.3. The number of carbonyl (C=O) groups excluding carboxylic acids is 1. The van der Waals surface area contributed by atoms with Gasteiger partial charge in [0.2, 0.25) is 11.8 Å². The average Bonchev–Trinajstić information content (AvgIpc) is 2.97. The Morgan fingerprint density at radius 2 is 2.20 bits per heavy atom. The summed E-state index contributed by atoms with van der Waals surface area (Å²) >= 11 is 1.59. The molecule has 2 aromatic rings. The van der Waals surface area contributed by atoms with Crippen molar-refractivity contribution in [1.29, 1.82) is 0 Å². The number of benzene rings is 1. The summed E-state index contributed by atoms with van der Waals surface area (Å²) in [6.07, 6.45) is -2.79. The minimum atomic E-state index is -3.24. The molecule has 1 aromatic carbocycles. The monoisotopic (exact) mass is 368 g/mol. The molecule has 2 aliphatic heterocycles. The van der Waals surface area contributed by atoms with Crippen LogP contribution >= 0.6 is 11.8 Å². The lowest BCUT2D eigenvalue weighted by Gasteiger charge is -2.30. The number of morpholine rings is 1. The molecule has 0 saturated carbocycles. The summed E-state index contributed by atoms with van der Waals surface area (Å²) in [6.45, 7) is -0.507. The number of thioether (sulfide) groups is 1. The first-order valence-corrected chi connectivity index (χ1v) is 8.66. The predicted molar refractivity (Wildman–Crippen MR) is 86.8 cm³/mol. The molecule has 0 radical (unpaired) electrons. The minimum absolute atomic E-state index is 0.0197. The van der Waals surface area contributed by atoms with Crippen LogP contribution in [0, 0.1) is 0 Å². The van der Waals surface area contributed by atoms with Crippen LogP contribution in [0.1, 0.15) is 6.42 Å². The van der Waals surface area contributed by atoms with Gasteiger partial charge in [-0.3, -0.25) is 4.79 Å². The average molecular weight is 368 g/mol. The number of hydrogen-bond donors (Lipinski definition) is 1. The second-order valence-corrected chi connectivity index (χ2v) is 6.79. The van der Waals surface area contributed by atoms with Crippen LogP contribution in [-0.2, 0) is 9.53 Å². The van der Waals surface area contributed by atoms with Crippen molar-refractivity contribution in [2.24, 2.45) is 0 Å². The molecular formula is C15H14F2N4O3S. The Balaban J connectivity index is 1.59. The van der Waals surface area contributed by atoms with Crippen LogP contribution in [0.3, 0.4) is 0 Å². The van der Waals surface area contributed by atoms with Crippen LogP contribution in [0.25, 0.3) is 11.5 Å². The van der Waals surface area contributed by atoms with E-state index in [4.69, 9.17) is 4.42 Å². The standard InChI is InChI=1S/C15H14F2N4O3S/c16-15(17)8-21(4-5-23-15)14-20-19-13(24-14)9-1-2-11-10(7-9)18-12(22)3-6-25-11/h1-2,7H,3-6,8H2,(H,18,22). The second-order valence-electron chi connectivity index (χ2n) is 5.65. The van der Waals surface area contributed by atoms with Gasteiger partial charge in [-0.15, -0.1) is 16.9 Å². The van der Waals surface area contributed by atoms with Crippen LogP contribution in [-0.4, -0.2) is 47.7 Å². The van der Waals surface area contributed by atoms with Gasteiger partial charge in [0.15, 0.2) is 0 Å². The zero-order chi connectivity index (χ0) is 17.4. The Hall–Kier alpha value is -2.20. The summed E-state index contributed by atoms with van der Waals surface area (Å²) in [4.78, 5) is 14.0. The van der Waals surface area contributed by atoms with Gasteiger partial charge in [0, 0.05) is 29.2 Å². The molecule has 132 valence electrons. The fraction of sp³-hybridized carbons (Fsp3) is 0.400. The number of ether oxygens (including phenoxy) is 1. The Morgan fingerprint density at radius 1 is 1.32 bits per heavy atom. The smallest absolute Gasteiger partial charge is 0.373 e. The highest BCUT2D eigenvalue weighted by Gasteiger charge is 2.38. The fourth-order valence-electron chi connectivity index (χ4n) is 2.63. The normalized spacial score (nSPS) is 19.9. The van der Waals surface area contributed by atoms with Gasteiger partial charge in [-0.05, 0) is 18.2 Å². The van der Waals surface area contributed by atoms with Crippen molar-refractivity contribution >= 4 is 29.4 Å². The molecule has 0 unspecified atom stereocenters. The largest absolute Gasteiger partial charge is 0.403 e. The minimum Gasteiger partial charge on any atom is -0.403 e. The first-order chi connectivity index (χ1) is 12.0. The van der Waals surface area contributed by atoms with E-state index in [2.05, 4.69) is 20.3 Å². The molecule has 3 heterocycles. The van der Waals surface area contributed by atoms with Crippen molar-refractivity contribution in [1.82, 2.24) is 10.2 Å². The number of rotatable bonds is 2. The van der Waals surface area contributed by atoms with Crippen LogP contribution in [0.5, 0.6) is 0 Å². The van der Waals surface area contributed by atoms with E-state index in [9.17, 15) is 13.6 Å². The van der Waals surface area contributed by atoms with Gasteiger partial charge in [0.1, 0.15) is 6.54 Å². The first kappa shape index (κ1) is 16.3. The van der Waals surface area contributed by atoms with E-state index < -0.39 is 12.7 Å². The number of nitrogens with zero attached hydrogens (tertiary/aromatic N) is 3. The number of carbonyl (C=O) groups is 1. The summed E-state index contributed by atoms with van der Waals surface area (Å²) in [5.41, 5.74) is 1.29. The van der Waals surface area contributed by atoms with Crippen molar-refractivity contribution in [3.8, 4) is 11.5 Å². The van der Waals surface area contributed by atoms with Gasteiger partial charge in [0.05, 0.1) is 12.3 Å². The van der Waals surface area contributed by atoms with Crippen molar-refractivity contribution in [2.45, 2.75) is 17.4 Å². The number of amides is 1. The molecule has 1 amide bonds. The van der Waals surface area contributed by atoms with Crippen LogP contribution < -0.4 is 10.2 Å². The number of alkyl halides is 2.